The van der Waals surface area contributed by atoms with Crippen molar-refractivity contribution in [3.63, 3.8) is 0 Å². The van der Waals surface area contributed by atoms with Gasteiger partial charge in [-0.05, 0) is 36.8 Å². The summed E-state index contributed by atoms with van der Waals surface area (Å²) in [6.07, 6.45) is 3.18. The molecule has 0 amide bonds. The fourth-order valence-corrected chi connectivity index (χ4v) is 6.09. The second kappa shape index (κ2) is 5.23. The first kappa shape index (κ1) is 14.5. The zero-order chi connectivity index (χ0) is 15.3. The molecule has 2 heterocycles. The van der Waals surface area contributed by atoms with Crippen molar-refractivity contribution in [3.05, 3.63) is 18.2 Å². The van der Waals surface area contributed by atoms with Gasteiger partial charge in [0.05, 0.1) is 11.7 Å². The molecule has 0 bridgehead atoms. The van der Waals surface area contributed by atoms with Crippen LogP contribution < -0.4 is 5.73 Å². The summed E-state index contributed by atoms with van der Waals surface area (Å²) in [5, 5.41) is 0. The molecule has 22 heavy (non-hydrogen) atoms. The van der Waals surface area contributed by atoms with Gasteiger partial charge in [-0.1, -0.05) is 12.5 Å². The van der Waals surface area contributed by atoms with Crippen molar-refractivity contribution in [3.8, 4) is 0 Å². The number of fused-ring (bicyclic) bond motifs is 2. The molecule has 0 radical (unpaired) electrons. The van der Waals surface area contributed by atoms with Gasteiger partial charge in [0.15, 0.2) is 0 Å². The van der Waals surface area contributed by atoms with E-state index in [-0.39, 0.29) is 16.9 Å². The number of rotatable bonds is 2. The van der Waals surface area contributed by atoms with E-state index >= 15 is 0 Å². The van der Waals surface area contributed by atoms with Crippen LogP contribution in [0.2, 0.25) is 0 Å². The zero-order valence-corrected chi connectivity index (χ0v) is 13.7. The molecule has 8 heteroatoms. The first-order chi connectivity index (χ1) is 10.6. The Hall–Kier alpha value is -1.09. The van der Waals surface area contributed by atoms with Gasteiger partial charge in [0, 0.05) is 19.1 Å². The molecular formula is C14H18N4O2S2. The van der Waals surface area contributed by atoms with Crippen molar-refractivity contribution in [2.24, 2.45) is 17.6 Å². The number of aromatic nitrogens is 2. The Morgan fingerprint density at radius 1 is 1.23 bits per heavy atom. The highest BCUT2D eigenvalue weighted by Gasteiger charge is 2.43. The molecule has 1 aliphatic carbocycles. The highest BCUT2D eigenvalue weighted by molar-refractivity contribution is 7.89. The van der Waals surface area contributed by atoms with Gasteiger partial charge in [0.1, 0.15) is 15.9 Å². The summed E-state index contributed by atoms with van der Waals surface area (Å²) in [6.45, 7) is 1.11. The fourth-order valence-electron chi connectivity index (χ4n) is 3.80. The number of hydrogen-bond acceptors (Lipinski definition) is 6. The van der Waals surface area contributed by atoms with Crippen molar-refractivity contribution in [2.75, 3.05) is 13.1 Å². The lowest BCUT2D eigenvalue weighted by Crippen LogP contribution is -2.38. The Labute approximate surface area is 133 Å². The first-order valence-electron chi connectivity index (χ1n) is 7.54. The molecule has 3 atom stereocenters. The molecule has 1 aromatic carbocycles. The minimum absolute atomic E-state index is 0.121. The Kier molecular flexibility index (Phi) is 3.44. The van der Waals surface area contributed by atoms with Gasteiger partial charge in [-0.2, -0.15) is 13.1 Å². The van der Waals surface area contributed by atoms with Crippen LogP contribution in [-0.4, -0.2) is 40.6 Å². The molecule has 6 nitrogen and oxygen atoms in total. The van der Waals surface area contributed by atoms with Crippen LogP contribution in [0.3, 0.4) is 0 Å². The van der Waals surface area contributed by atoms with Gasteiger partial charge in [0.25, 0.3) is 0 Å². The van der Waals surface area contributed by atoms with Crippen molar-refractivity contribution < 1.29 is 8.42 Å². The normalized spacial score (nSPS) is 29.8. The van der Waals surface area contributed by atoms with Crippen LogP contribution in [0.15, 0.2) is 23.1 Å². The summed E-state index contributed by atoms with van der Waals surface area (Å²) in [6, 6.07) is 5.26. The number of hydrogen-bond donors (Lipinski definition) is 1. The van der Waals surface area contributed by atoms with Crippen LogP contribution >= 0.6 is 11.7 Å². The van der Waals surface area contributed by atoms with Gasteiger partial charge in [-0.25, -0.2) is 8.42 Å². The maximum absolute atomic E-state index is 13.0. The topological polar surface area (TPSA) is 89.2 Å². The van der Waals surface area contributed by atoms with E-state index in [2.05, 4.69) is 8.75 Å². The van der Waals surface area contributed by atoms with E-state index in [1.165, 1.54) is 0 Å². The highest BCUT2D eigenvalue weighted by atomic mass is 32.2. The lowest BCUT2D eigenvalue weighted by atomic mass is 9.78. The maximum atomic E-state index is 13.0. The summed E-state index contributed by atoms with van der Waals surface area (Å²) in [5.74, 6) is 0.683. The number of sulfonamides is 1. The monoisotopic (exact) mass is 338 g/mol. The van der Waals surface area contributed by atoms with E-state index in [4.69, 9.17) is 5.73 Å². The third-order valence-corrected chi connectivity index (χ3v) is 7.39. The average molecular weight is 338 g/mol. The van der Waals surface area contributed by atoms with E-state index in [0.29, 0.717) is 30.0 Å². The van der Waals surface area contributed by atoms with E-state index in [0.717, 1.165) is 31.0 Å². The van der Waals surface area contributed by atoms with Gasteiger partial charge in [-0.15, -0.1) is 0 Å². The van der Waals surface area contributed by atoms with Crippen LogP contribution in [0.5, 0.6) is 0 Å². The van der Waals surface area contributed by atoms with Crippen molar-refractivity contribution in [1.29, 1.82) is 0 Å². The Morgan fingerprint density at radius 2 is 2.09 bits per heavy atom. The molecule has 118 valence electrons. The summed E-state index contributed by atoms with van der Waals surface area (Å²) < 4.78 is 35.9. The maximum Gasteiger partial charge on any atom is 0.245 e. The SMILES string of the molecule is NC1CCCC2CN(S(=O)(=O)c3cccc4nsnc34)CC12. The second-order valence-electron chi connectivity index (χ2n) is 6.23. The molecular weight excluding hydrogens is 320 g/mol. The summed E-state index contributed by atoms with van der Waals surface area (Å²) >= 11 is 1.04. The van der Waals surface area contributed by atoms with E-state index in [1.807, 2.05) is 0 Å². The largest absolute Gasteiger partial charge is 0.327 e. The van der Waals surface area contributed by atoms with Gasteiger partial charge in [-0.3, -0.25) is 0 Å². The van der Waals surface area contributed by atoms with Gasteiger partial charge >= 0.3 is 0 Å². The predicted octanol–water partition coefficient (Wildman–Crippen LogP) is 1.44. The lowest BCUT2D eigenvalue weighted by Gasteiger charge is -2.29. The molecule has 1 saturated heterocycles. The summed E-state index contributed by atoms with van der Waals surface area (Å²) in [4.78, 5) is 0.269. The fraction of sp³-hybridized carbons (Fsp3) is 0.571. The summed E-state index contributed by atoms with van der Waals surface area (Å²) in [7, 11) is -3.53. The van der Waals surface area contributed by atoms with Crippen LogP contribution in [-0.2, 0) is 10.0 Å². The number of nitrogens with zero attached hydrogens (tertiary/aromatic N) is 3. The Balaban J connectivity index is 1.71. The van der Waals surface area contributed by atoms with E-state index in [9.17, 15) is 8.42 Å². The zero-order valence-electron chi connectivity index (χ0n) is 12.1. The number of nitrogens with two attached hydrogens (primary N) is 1. The lowest BCUT2D eigenvalue weighted by molar-refractivity contribution is 0.260. The molecule has 3 unspecified atom stereocenters. The minimum Gasteiger partial charge on any atom is -0.327 e. The molecule has 4 rings (SSSR count). The average Bonchev–Trinajstić information content (AvgIpc) is 3.14. The van der Waals surface area contributed by atoms with Crippen molar-refractivity contribution >= 4 is 32.8 Å². The van der Waals surface area contributed by atoms with E-state index < -0.39 is 10.0 Å². The molecule has 1 aliphatic heterocycles. The van der Waals surface area contributed by atoms with Gasteiger partial charge < -0.3 is 5.73 Å². The molecule has 2 aliphatic rings. The van der Waals surface area contributed by atoms with Crippen LogP contribution in [0.25, 0.3) is 11.0 Å². The van der Waals surface area contributed by atoms with Crippen molar-refractivity contribution in [2.45, 2.75) is 30.2 Å². The predicted molar refractivity (Wildman–Crippen MR) is 85.0 cm³/mol. The molecule has 2 aromatic rings. The quantitative estimate of drug-likeness (QED) is 0.895. The Morgan fingerprint density at radius 3 is 2.91 bits per heavy atom. The summed E-state index contributed by atoms with van der Waals surface area (Å²) in [5.41, 5.74) is 7.31. The minimum atomic E-state index is -3.53. The molecule has 2 fully saturated rings. The number of benzene rings is 1. The highest BCUT2D eigenvalue weighted by Crippen LogP contribution is 2.38. The third kappa shape index (κ3) is 2.17. The molecule has 0 spiro atoms. The van der Waals surface area contributed by atoms with Crippen LogP contribution in [0.1, 0.15) is 19.3 Å². The molecule has 2 N–H and O–H groups in total. The molecule has 1 saturated carbocycles. The standard InChI is InChI=1S/C14H18N4O2S2/c15-11-4-1-3-9-7-18(8-10(9)11)22(19,20)13-6-2-5-12-14(13)17-21-16-12/h2,5-6,9-11H,1,3-4,7-8,15H2. The third-order valence-electron chi connectivity index (χ3n) is 4.99. The van der Waals surface area contributed by atoms with Crippen molar-refractivity contribution in [1.82, 2.24) is 13.1 Å². The Bertz CT molecular complexity index is 804. The first-order valence-corrected chi connectivity index (χ1v) is 9.71. The van der Waals surface area contributed by atoms with Crippen LogP contribution in [0.4, 0.5) is 0 Å². The van der Waals surface area contributed by atoms with Gasteiger partial charge in [0.2, 0.25) is 10.0 Å². The smallest absolute Gasteiger partial charge is 0.245 e. The van der Waals surface area contributed by atoms with Crippen LogP contribution in [0, 0.1) is 11.8 Å². The second-order valence-corrected chi connectivity index (χ2v) is 8.66. The molecule has 1 aromatic heterocycles. The van der Waals surface area contributed by atoms with E-state index in [1.54, 1.807) is 22.5 Å².